The van der Waals surface area contributed by atoms with Crippen molar-refractivity contribution < 1.29 is 14.6 Å². The van der Waals surface area contributed by atoms with Crippen LogP contribution in [-0.4, -0.2) is 18.2 Å². The molecule has 0 atom stereocenters. The van der Waals surface area contributed by atoms with Gasteiger partial charge in [-0.15, -0.1) is 11.3 Å². The van der Waals surface area contributed by atoms with Gasteiger partial charge in [0.05, 0.1) is 7.11 Å². The van der Waals surface area contributed by atoms with Crippen molar-refractivity contribution >= 4 is 17.3 Å². The van der Waals surface area contributed by atoms with E-state index in [4.69, 9.17) is 9.84 Å². The lowest BCUT2D eigenvalue weighted by Crippen LogP contribution is -1.93. The van der Waals surface area contributed by atoms with Crippen LogP contribution in [-0.2, 0) is 0 Å². The summed E-state index contributed by atoms with van der Waals surface area (Å²) in [5.74, 6) is -0.0807. The number of rotatable bonds is 3. The molecular weight excluding hydrogens is 248 g/mol. The Labute approximate surface area is 110 Å². The lowest BCUT2D eigenvalue weighted by molar-refractivity contribution is 0.0702. The molecule has 2 aromatic rings. The summed E-state index contributed by atoms with van der Waals surface area (Å²) in [6.07, 6.45) is 0. The summed E-state index contributed by atoms with van der Waals surface area (Å²) in [7, 11) is 1.64. The van der Waals surface area contributed by atoms with Crippen LogP contribution in [0.5, 0.6) is 5.75 Å². The maximum atomic E-state index is 10.9. The average Bonchev–Trinajstić information content (AvgIpc) is 2.82. The van der Waals surface area contributed by atoms with Gasteiger partial charge < -0.3 is 9.84 Å². The van der Waals surface area contributed by atoms with Gasteiger partial charge in [0, 0.05) is 10.4 Å². The van der Waals surface area contributed by atoms with Gasteiger partial charge in [-0.3, -0.25) is 0 Å². The first kappa shape index (κ1) is 12.6. The second-order valence-electron chi connectivity index (χ2n) is 4.06. The molecule has 0 fully saturated rings. The zero-order chi connectivity index (χ0) is 13.3. The minimum atomic E-state index is -0.894. The Hall–Kier alpha value is -1.81. The Morgan fingerprint density at radius 1 is 1.22 bits per heavy atom. The van der Waals surface area contributed by atoms with Gasteiger partial charge in [-0.05, 0) is 43.2 Å². The van der Waals surface area contributed by atoms with Crippen molar-refractivity contribution in [3.8, 4) is 16.2 Å². The molecule has 0 saturated heterocycles. The van der Waals surface area contributed by atoms with Crippen LogP contribution in [0.25, 0.3) is 10.4 Å². The monoisotopic (exact) mass is 262 g/mol. The fourth-order valence-electron chi connectivity index (χ4n) is 1.84. The van der Waals surface area contributed by atoms with Crippen LogP contribution in [0, 0.1) is 13.8 Å². The minimum absolute atomic E-state index is 0.338. The van der Waals surface area contributed by atoms with Gasteiger partial charge in [0.15, 0.2) is 0 Å². The second kappa shape index (κ2) is 4.82. The zero-order valence-electron chi connectivity index (χ0n) is 10.5. The largest absolute Gasteiger partial charge is 0.496 e. The van der Waals surface area contributed by atoms with Crippen LogP contribution >= 0.6 is 11.3 Å². The SMILES string of the molecule is COc1c(-c2ccc(C(=O)O)s2)ccc(C)c1C. The van der Waals surface area contributed by atoms with Gasteiger partial charge in [-0.1, -0.05) is 6.07 Å². The molecular formula is C14H14O3S. The number of benzene rings is 1. The lowest BCUT2D eigenvalue weighted by Gasteiger charge is -2.12. The van der Waals surface area contributed by atoms with Crippen molar-refractivity contribution in [3.05, 3.63) is 40.3 Å². The summed E-state index contributed by atoms with van der Waals surface area (Å²) < 4.78 is 5.44. The van der Waals surface area contributed by atoms with E-state index < -0.39 is 5.97 Å². The van der Waals surface area contributed by atoms with Crippen molar-refractivity contribution in [2.24, 2.45) is 0 Å². The summed E-state index contributed by atoms with van der Waals surface area (Å²) in [6, 6.07) is 7.43. The predicted molar refractivity (Wildman–Crippen MR) is 72.7 cm³/mol. The standard InChI is InChI=1S/C14H14O3S/c1-8-4-5-10(13(17-3)9(8)2)11-6-7-12(18-11)14(15)16/h4-7H,1-3H3,(H,15,16). The van der Waals surface area contributed by atoms with E-state index in [0.29, 0.717) is 4.88 Å². The van der Waals surface area contributed by atoms with Crippen LogP contribution in [0.15, 0.2) is 24.3 Å². The van der Waals surface area contributed by atoms with Crippen molar-refractivity contribution in [2.75, 3.05) is 7.11 Å². The number of hydrogen-bond acceptors (Lipinski definition) is 3. The maximum Gasteiger partial charge on any atom is 0.345 e. The smallest absolute Gasteiger partial charge is 0.345 e. The number of ether oxygens (including phenoxy) is 1. The van der Waals surface area contributed by atoms with Crippen molar-refractivity contribution in [2.45, 2.75) is 13.8 Å². The molecule has 0 unspecified atom stereocenters. The number of aromatic carboxylic acids is 1. The lowest BCUT2D eigenvalue weighted by atomic mass is 10.0. The van der Waals surface area contributed by atoms with Crippen molar-refractivity contribution in [3.63, 3.8) is 0 Å². The molecule has 0 radical (unpaired) electrons. The fourth-order valence-corrected chi connectivity index (χ4v) is 2.71. The number of carboxylic acid groups (broad SMARTS) is 1. The molecule has 0 amide bonds. The van der Waals surface area contributed by atoms with Crippen LogP contribution < -0.4 is 4.74 Å². The molecule has 94 valence electrons. The van der Waals surface area contributed by atoms with E-state index in [1.165, 1.54) is 11.3 Å². The van der Waals surface area contributed by atoms with Crippen LogP contribution in [0.3, 0.4) is 0 Å². The Morgan fingerprint density at radius 2 is 1.94 bits per heavy atom. The van der Waals surface area contributed by atoms with Crippen molar-refractivity contribution in [1.82, 2.24) is 0 Å². The molecule has 18 heavy (non-hydrogen) atoms. The quantitative estimate of drug-likeness (QED) is 0.916. The van der Waals surface area contributed by atoms with Gasteiger partial charge in [0.1, 0.15) is 10.6 Å². The van der Waals surface area contributed by atoms with Gasteiger partial charge >= 0.3 is 5.97 Å². The highest BCUT2D eigenvalue weighted by molar-refractivity contribution is 7.17. The van der Waals surface area contributed by atoms with Gasteiger partial charge in [0.25, 0.3) is 0 Å². The molecule has 0 saturated carbocycles. The third-order valence-corrected chi connectivity index (χ3v) is 4.07. The Bertz CT molecular complexity index is 599. The molecule has 1 N–H and O–H groups in total. The van der Waals surface area contributed by atoms with Gasteiger partial charge in [-0.2, -0.15) is 0 Å². The number of carbonyl (C=O) groups is 1. The van der Waals surface area contributed by atoms with E-state index in [2.05, 4.69) is 0 Å². The normalized spacial score (nSPS) is 10.4. The topological polar surface area (TPSA) is 46.5 Å². The van der Waals surface area contributed by atoms with E-state index in [0.717, 1.165) is 27.3 Å². The summed E-state index contributed by atoms with van der Waals surface area (Å²) in [5, 5.41) is 8.95. The van der Waals surface area contributed by atoms with E-state index in [1.54, 1.807) is 13.2 Å². The van der Waals surface area contributed by atoms with E-state index in [-0.39, 0.29) is 0 Å². The number of carboxylic acids is 1. The fraction of sp³-hybridized carbons (Fsp3) is 0.214. The first-order chi connectivity index (χ1) is 8.54. The van der Waals surface area contributed by atoms with Gasteiger partial charge in [0.2, 0.25) is 0 Å². The van der Waals surface area contributed by atoms with Crippen molar-refractivity contribution in [1.29, 1.82) is 0 Å². The number of hydrogen-bond donors (Lipinski definition) is 1. The van der Waals surface area contributed by atoms with E-state index in [9.17, 15) is 4.79 Å². The summed E-state index contributed by atoms with van der Waals surface area (Å²) in [4.78, 5) is 12.1. The molecule has 0 aliphatic heterocycles. The highest BCUT2D eigenvalue weighted by Crippen LogP contribution is 2.38. The first-order valence-corrected chi connectivity index (χ1v) is 6.34. The Morgan fingerprint density at radius 3 is 2.50 bits per heavy atom. The molecule has 0 spiro atoms. The average molecular weight is 262 g/mol. The van der Waals surface area contributed by atoms with Crippen LogP contribution in [0.1, 0.15) is 20.8 Å². The summed E-state index contributed by atoms with van der Waals surface area (Å²) >= 11 is 1.26. The summed E-state index contributed by atoms with van der Waals surface area (Å²) in [6.45, 7) is 4.03. The maximum absolute atomic E-state index is 10.9. The molecule has 0 bridgehead atoms. The number of methoxy groups -OCH3 is 1. The van der Waals surface area contributed by atoms with E-state index >= 15 is 0 Å². The third-order valence-electron chi connectivity index (χ3n) is 2.96. The predicted octanol–water partition coefficient (Wildman–Crippen LogP) is 3.74. The molecule has 4 heteroatoms. The van der Waals surface area contributed by atoms with Gasteiger partial charge in [-0.25, -0.2) is 4.79 Å². The first-order valence-electron chi connectivity index (χ1n) is 5.52. The number of aryl methyl sites for hydroxylation is 1. The molecule has 0 aliphatic rings. The minimum Gasteiger partial charge on any atom is -0.496 e. The van der Waals surface area contributed by atoms with Crippen LogP contribution in [0.2, 0.25) is 0 Å². The molecule has 0 aliphatic carbocycles. The summed E-state index contributed by atoms with van der Waals surface area (Å²) in [5.41, 5.74) is 3.18. The van der Waals surface area contributed by atoms with E-state index in [1.807, 2.05) is 32.0 Å². The Balaban J connectivity index is 2.56. The highest BCUT2D eigenvalue weighted by atomic mass is 32.1. The number of thiophene rings is 1. The molecule has 2 rings (SSSR count). The Kier molecular flexibility index (Phi) is 3.39. The molecule has 1 aromatic heterocycles. The van der Waals surface area contributed by atoms with Crippen LogP contribution in [0.4, 0.5) is 0 Å². The molecule has 1 aromatic carbocycles. The zero-order valence-corrected chi connectivity index (χ0v) is 11.3. The third kappa shape index (κ3) is 2.11. The molecule has 1 heterocycles. The highest BCUT2D eigenvalue weighted by Gasteiger charge is 2.14. The second-order valence-corrected chi connectivity index (χ2v) is 5.14. The molecule has 3 nitrogen and oxygen atoms in total.